The van der Waals surface area contributed by atoms with Crippen LogP contribution in [0.15, 0.2) is 79.4 Å². The second kappa shape index (κ2) is 9.64. The number of hydroxylamine groups is 2. The molecule has 34 heavy (non-hydrogen) atoms. The fourth-order valence-electron chi connectivity index (χ4n) is 3.70. The highest BCUT2D eigenvalue weighted by atomic mass is 16.7. The maximum absolute atomic E-state index is 13.1. The average molecular weight is 456 g/mol. The van der Waals surface area contributed by atoms with Gasteiger partial charge in [0.15, 0.2) is 0 Å². The molecule has 2 amide bonds. The van der Waals surface area contributed by atoms with E-state index in [0.29, 0.717) is 28.3 Å². The van der Waals surface area contributed by atoms with Gasteiger partial charge in [0.1, 0.15) is 5.76 Å². The van der Waals surface area contributed by atoms with E-state index < -0.39 is 0 Å². The van der Waals surface area contributed by atoms with Crippen LogP contribution in [0.5, 0.6) is 0 Å². The van der Waals surface area contributed by atoms with Crippen molar-refractivity contribution < 1.29 is 19.2 Å². The number of hydrogen-bond donors (Lipinski definition) is 2. The molecule has 1 aliphatic rings. The van der Waals surface area contributed by atoms with E-state index in [1.807, 2.05) is 48.5 Å². The predicted octanol–water partition coefficient (Wildman–Crippen LogP) is 4.87. The fraction of sp³-hybridized carbons (Fsp3) is 0.111. The van der Waals surface area contributed by atoms with Crippen LogP contribution in [0.1, 0.15) is 27.0 Å². The minimum atomic E-state index is -0.256. The molecule has 3 aromatic carbocycles. The molecule has 0 radical (unpaired) electrons. The molecule has 0 atom stereocenters. The van der Waals surface area contributed by atoms with Gasteiger partial charge < -0.3 is 15.4 Å². The number of rotatable bonds is 7. The van der Waals surface area contributed by atoms with Gasteiger partial charge in [0.2, 0.25) is 0 Å². The van der Waals surface area contributed by atoms with Gasteiger partial charge in [-0.15, -0.1) is 0 Å². The molecule has 1 heterocycles. The maximum Gasteiger partial charge on any atom is 0.277 e. The van der Waals surface area contributed by atoms with Crippen molar-refractivity contribution in [2.75, 3.05) is 31.9 Å². The number of hydrogen-bond acceptors (Lipinski definition) is 5. The fourth-order valence-corrected chi connectivity index (χ4v) is 3.70. The van der Waals surface area contributed by atoms with E-state index in [-0.39, 0.29) is 11.8 Å². The normalized spacial score (nSPS) is 13.6. The minimum absolute atomic E-state index is 0.213. The summed E-state index contributed by atoms with van der Waals surface area (Å²) >= 11 is 0. The first kappa shape index (κ1) is 22.8. The summed E-state index contributed by atoms with van der Waals surface area (Å²) in [6, 6.07) is 22.2. The van der Waals surface area contributed by atoms with Crippen molar-refractivity contribution in [3.63, 3.8) is 0 Å². The zero-order valence-corrected chi connectivity index (χ0v) is 19.2. The lowest BCUT2D eigenvalue weighted by Crippen LogP contribution is -2.25. The molecule has 2 N–H and O–H groups in total. The van der Waals surface area contributed by atoms with Gasteiger partial charge in [0.05, 0.1) is 25.5 Å². The first-order chi connectivity index (χ1) is 16.4. The third-order valence-electron chi connectivity index (χ3n) is 5.61. The zero-order chi connectivity index (χ0) is 24.2. The summed E-state index contributed by atoms with van der Waals surface area (Å²) in [5.74, 6) is 0.0490. The summed E-state index contributed by atoms with van der Waals surface area (Å²) in [6.45, 7) is 3.89. The standard InChI is InChI=1S/C27H25N3O4/c1-17(33-3)20-12-15-22-23(16-20)29-26(31)24(22)25(18-8-6-5-7-9-18)28-21-13-10-19(11-14-21)27(32)30(2)34-4/h5-16,28H,1H2,2-4H3,(H,29,31)/b25-24-. The number of nitrogens with one attached hydrogen (secondary N) is 2. The molecule has 0 saturated heterocycles. The lowest BCUT2D eigenvalue weighted by Gasteiger charge is -2.16. The predicted molar refractivity (Wildman–Crippen MR) is 134 cm³/mol. The van der Waals surface area contributed by atoms with Gasteiger partial charge in [-0.25, -0.2) is 5.06 Å². The Balaban J connectivity index is 1.76. The Bertz CT molecular complexity index is 1280. The number of ether oxygens (including phenoxy) is 1. The number of carbonyl (C=O) groups excluding carboxylic acids is 2. The molecular weight excluding hydrogens is 430 g/mol. The summed E-state index contributed by atoms with van der Waals surface area (Å²) in [6.07, 6.45) is 0. The number of methoxy groups -OCH3 is 1. The number of anilines is 2. The van der Waals surface area contributed by atoms with Crippen molar-refractivity contribution >= 4 is 40.2 Å². The molecule has 4 rings (SSSR count). The molecule has 1 aliphatic heterocycles. The van der Waals surface area contributed by atoms with Gasteiger partial charge >= 0.3 is 0 Å². The smallest absolute Gasteiger partial charge is 0.277 e. The molecule has 7 heteroatoms. The van der Waals surface area contributed by atoms with Crippen LogP contribution >= 0.6 is 0 Å². The van der Waals surface area contributed by atoms with Crippen LogP contribution < -0.4 is 10.6 Å². The third kappa shape index (κ3) is 4.42. The van der Waals surface area contributed by atoms with Crippen molar-refractivity contribution in [3.8, 4) is 0 Å². The number of amides is 2. The van der Waals surface area contributed by atoms with Crippen LogP contribution in [0.2, 0.25) is 0 Å². The molecule has 0 spiro atoms. The van der Waals surface area contributed by atoms with Crippen LogP contribution in [-0.4, -0.2) is 38.1 Å². The second-order valence-corrected chi connectivity index (χ2v) is 7.65. The summed E-state index contributed by atoms with van der Waals surface area (Å²) < 4.78 is 5.23. The van der Waals surface area contributed by atoms with E-state index in [1.165, 1.54) is 7.11 Å². The lowest BCUT2D eigenvalue weighted by molar-refractivity contribution is -0.110. The van der Waals surface area contributed by atoms with Crippen molar-refractivity contribution in [1.82, 2.24) is 5.06 Å². The van der Waals surface area contributed by atoms with E-state index in [9.17, 15) is 9.59 Å². The molecule has 0 fully saturated rings. The monoisotopic (exact) mass is 455 g/mol. The Hall–Kier alpha value is -4.36. The average Bonchev–Trinajstić information content (AvgIpc) is 3.21. The number of nitrogens with zero attached hydrogens (tertiary/aromatic N) is 1. The molecule has 0 unspecified atom stereocenters. The van der Waals surface area contributed by atoms with Gasteiger partial charge in [-0.3, -0.25) is 14.4 Å². The van der Waals surface area contributed by atoms with Crippen LogP contribution in [0.3, 0.4) is 0 Å². The van der Waals surface area contributed by atoms with Crippen LogP contribution in [-0.2, 0) is 14.4 Å². The second-order valence-electron chi connectivity index (χ2n) is 7.65. The Labute approximate surface area is 198 Å². The van der Waals surface area contributed by atoms with E-state index in [1.54, 1.807) is 38.4 Å². The van der Waals surface area contributed by atoms with E-state index in [0.717, 1.165) is 27.4 Å². The van der Waals surface area contributed by atoms with E-state index in [2.05, 4.69) is 17.2 Å². The SMILES string of the molecule is C=C(OC)c1ccc2c(c1)NC(=O)/C2=C(\Nc1ccc(C(=O)N(C)OC)cc1)c1ccccc1. The van der Waals surface area contributed by atoms with Crippen LogP contribution in [0.25, 0.3) is 17.0 Å². The Morgan fingerprint density at radius 1 is 0.941 bits per heavy atom. The summed E-state index contributed by atoms with van der Waals surface area (Å²) in [5, 5.41) is 7.49. The van der Waals surface area contributed by atoms with E-state index in [4.69, 9.17) is 9.57 Å². The summed E-state index contributed by atoms with van der Waals surface area (Å²) in [5.41, 5.74) is 5.50. The lowest BCUT2D eigenvalue weighted by atomic mass is 9.98. The highest BCUT2D eigenvalue weighted by Crippen LogP contribution is 2.38. The minimum Gasteiger partial charge on any atom is -0.497 e. The van der Waals surface area contributed by atoms with Crippen LogP contribution in [0.4, 0.5) is 11.4 Å². The molecule has 7 nitrogen and oxygen atoms in total. The van der Waals surface area contributed by atoms with Crippen molar-refractivity contribution in [3.05, 3.63) is 102 Å². The molecule has 172 valence electrons. The molecule has 0 aromatic heterocycles. The van der Waals surface area contributed by atoms with Crippen LogP contribution in [0, 0.1) is 0 Å². The Morgan fingerprint density at radius 3 is 2.26 bits per heavy atom. The van der Waals surface area contributed by atoms with Gasteiger partial charge in [0.25, 0.3) is 11.8 Å². The topological polar surface area (TPSA) is 79.9 Å². The Kier molecular flexibility index (Phi) is 6.47. The maximum atomic E-state index is 13.1. The highest BCUT2D eigenvalue weighted by molar-refractivity contribution is 6.37. The molecule has 0 saturated carbocycles. The van der Waals surface area contributed by atoms with Crippen molar-refractivity contribution in [2.24, 2.45) is 0 Å². The first-order valence-electron chi connectivity index (χ1n) is 10.6. The summed E-state index contributed by atoms with van der Waals surface area (Å²) in [7, 11) is 4.55. The quantitative estimate of drug-likeness (QED) is 0.302. The van der Waals surface area contributed by atoms with Crippen molar-refractivity contribution in [2.45, 2.75) is 0 Å². The van der Waals surface area contributed by atoms with Crippen molar-refractivity contribution in [1.29, 1.82) is 0 Å². The zero-order valence-electron chi connectivity index (χ0n) is 19.2. The molecular formula is C27H25N3O4. The van der Waals surface area contributed by atoms with Gasteiger partial charge in [-0.2, -0.15) is 0 Å². The Morgan fingerprint density at radius 2 is 1.62 bits per heavy atom. The largest absolute Gasteiger partial charge is 0.497 e. The van der Waals surface area contributed by atoms with Gasteiger partial charge in [0, 0.05) is 35.1 Å². The first-order valence-corrected chi connectivity index (χ1v) is 10.6. The number of fused-ring (bicyclic) bond motifs is 1. The molecule has 0 aliphatic carbocycles. The third-order valence-corrected chi connectivity index (χ3v) is 5.61. The molecule has 0 bridgehead atoms. The van der Waals surface area contributed by atoms with E-state index >= 15 is 0 Å². The summed E-state index contributed by atoms with van der Waals surface area (Å²) in [4.78, 5) is 30.4. The highest BCUT2D eigenvalue weighted by Gasteiger charge is 2.29. The molecule has 3 aromatic rings. The number of carbonyl (C=O) groups is 2. The number of benzene rings is 3. The van der Waals surface area contributed by atoms with Gasteiger partial charge in [-0.1, -0.05) is 49.0 Å². The van der Waals surface area contributed by atoms with Gasteiger partial charge in [-0.05, 0) is 35.9 Å².